The van der Waals surface area contributed by atoms with Crippen LogP contribution in [0.2, 0.25) is 0 Å². The summed E-state index contributed by atoms with van der Waals surface area (Å²) in [6, 6.07) is 7.89. The summed E-state index contributed by atoms with van der Waals surface area (Å²) >= 11 is 0. The van der Waals surface area contributed by atoms with Crippen molar-refractivity contribution in [3.05, 3.63) is 53.7 Å². The summed E-state index contributed by atoms with van der Waals surface area (Å²) in [5.41, 5.74) is 3.79. The Kier molecular flexibility index (Phi) is 14.5. The first-order chi connectivity index (χ1) is 16.9. The van der Waals surface area contributed by atoms with Crippen LogP contribution < -0.4 is 10.6 Å². The van der Waals surface area contributed by atoms with E-state index >= 15 is 0 Å². The zero-order valence-electron chi connectivity index (χ0n) is 22.1. The summed E-state index contributed by atoms with van der Waals surface area (Å²) in [5, 5.41) is 9.87. The van der Waals surface area contributed by atoms with Gasteiger partial charge in [0.15, 0.2) is 0 Å². The zero-order chi connectivity index (χ0) is 26.1. The molecule has 0 saturated heterocycles. The summed E-state index contributed by atoms with van der Waals surface area (Å²) in [6.07, 6.45) is 8.08. The lowest BCUT2D eigenvalue weighted by molar-refractivity contribution is -0.110. The number of nitrogens with zero attached hydrogens (tertiary/aromatic N) is 3. The zero-order valence-corrected chi connectivity index (χ0v) is 22.1. The molecule has 7 heteroatoms. The van der Waals surface area contributed by atoms with Crippen LogP contribution in [0.5, 0.6) is 0 Å². The van der Waals surface area contributed by atoms with Gasteiger partial charge in [-0.3, -0.25) is 14.5 Å². The molecule has 1 fully saturated rings. The van der Waals surface area contributed by atoms with Crippen molar-refractivity contribution in [1.29, 1.82) is 0 Å². The van der Waals surface area contributed by atoms with Crippen LogP contribution in [-0.2, 0) is 16.6 Å². The normalized spacial score (nSPS) is 12.7. The predicted octanol–water partition coefficient (Wildman–Crippen LogP) is 5.02. The molecular weight excluding hydrogens is 438 g/mol. The molecule has 1 atom stereocenters. The Hall–Kier alpha value is -3.37. The number of aliphatic imine (C=N–C) groups is 1. The Labute approximate surface area is 211 Å². The van der Waals surface area contributed by atoms with E-state index in [2.05, 4.69) is 53.0 Å². The third kappa shape index (κ3) is 12.6. The van der Waals surface area contributed by atoms with Crippen molar-refractivity contribution in [1.82, 2.24) is 15.1 Å². The molecule has 0 bridgehead atoms. The van der Waals surface area contributed by atoms with Crippen molar-refractivity contribution in [2.24, 2.45) is 18.0 Å². The molecule has 190 valence electrons. The Morgan fingerprint density at radius 1 is 1.31 bits per heavy atom. The highest BCUT2D eigenvalue weighted by molar-refractivity contribution is 5.74. The third-order valence-corrected chi connectivity index (χ3v) is 4.80. The average Bonchev–Trinajstić information content (AvgIpc) is 3.61. The van der Waals surface area contributed by atoms with Crippen molar-refractivity contribution >= 4 is 24.1 Å². The van der Waals surface area contributed by atoms with Crippen LogP contribution in [0, 0.1) is 24.7 Å². The molecule has 2 aromatic rings. The molecule has 1 saturated carbocycles. The smallest absolute Gasteiger partial charge is 0.207 e. The highest BCUT2D eigenvalue weighted by atomic mass is 16.5. The van der Waals surface area contributed by atoms with E-state index in [1.54, 1.807) is 17.0 Å². The van der Waals surface area contributed by atoms with Crippen LogP contribution in [0.1, 0.15) is 56.9 Å². The Morgan fingerprint density at radius 2 is 2.03 bits per heavy atom. The summed E-state index contributed by atoms with van der Waals surface area (Å²) in [5.74, 6) is 7.88. The van der Waals surface area contributed by atoms with E-state index in [4.69, 9.17) is 4.74 Å². The molecule has 7 nitrogen and oxygen atoms in total. The lowest BCUT2D eigenvalue weighted by Crippen LogP contribution is -2.26. The number of ether oxygens (including phenoxy) is 1. The number of benzene rings is 1. The fraction of sp³-hybridized carbons (Fsp3) is 0.464. The van der Waals surface area contributed by atoms with Gasteiger partial charge in [0.2, 0.25) is 6.41 Å². The number of aromatic nitrogens is 2. The number of anilines is 1. The van der Waals surface area contributed by atoms with Crippen molar-refractivity contribution < 1.29 is 9.53 Å². The largest absolute Gasteiger partial charge is 0.376 e. The Balaban J connectivity index is 0.000000366. The first-order valence-corrected chi connectivity index (χ1v) is 12.2. The van der Waals surface area contributed by atoms with E-state index in [1.807, 2.05) is 52.2 Å². The maximum atomic E-state index is 9.89. The fourth-order valence-corrected chi connectivity index (χ4v) is 2.66. The van der Waals surface area contributed by atoms with Gasteiger partial charge in [0.25, 0.3) is 0 Å². The summed E-state index contributed by atoms with van der Waals surface area (Å²) in [4.78, 5) is 14.2. The van der Waals surface area contributed by atoms with Crippen molar-refractivity contribution in [3.8, 4) is 11.8 Å². The van der Waals surface area contributed by atoms with Gasteiger partial charge in [-0.15, -0.1) is 0 Å². The predicted molar refractivity (Wildman–Crippen MR) is 146 cm³/mol. The molecule has 2 N–H and O–H groups in total. The fourth-order valence-electron chi connectivity index (χ4n) is 2.66. The molecule has 1 heterocycles. The number of allylic oxidation sites excluding steroid dienone is 1. The lowest BCUT2D eigenvalue weighted by Gasteiger charge is -2.11. The maximum Gasteiger partial charge on any atom is 0.207 e. The first-order valence-electron chi connectivity index (χ1n) is 12.2. The number of hydrogen-bond acceptors (Lipinski definition) is 5. The number of carbonyl (C=O) groups excluding carboxylic acids is 1. The van der Waals surface area contributed by atoms with Gasteiger partial charge < -0.3 is 15.4 Å². The molecular formula is C28H41N5O2. The van der Waals surface area contributed by atoms with Gasteiger partial charge in [-0.25, -0.2) is 0 Å². The van der Waals surface area contributed by atoms with E-state index in [-0.39, 0.29) is 6.10 Å². The third-order valence-electron chi connectivity index (χ3n) is 4.80. The summed E-state index contributed by atoms with van der Waals surface area (Å²) in [6.45, 7) is 13.4. The standard InChI is InChI=1S/C17H18N4.C8H15NO2.C3H8/c1-5-10-19-16-11-14(7-6-13(16)2)8-9-15-12-17(18-3)20-21(15)4;1-7(4-9-6-10)11-5-8-2-3-8;1-3-2/h5-7,10-12H,1H2,2-4H3,(H,18,20);6-8H,2-5H2,1H3,(H,9,10);3H2,1-2H3. The molecule has 0 radical (unpaired) electrons. The molecule has 1 unspecified atom stereocenters. The highest BCUT2D eigenvalue weighted by Gasteiger charge is 2.21. The number of aryl methyl sites for hydroxylation is 2. The molecule has 35 heavy (non-hydrogen) atoms. The van der Waals surface area contributed by atoms with Crippen molar-refractivity contribution in [2.45, 2.75) is 53.1 Å². The maximum absolute atomic E-state index is 9.89. The number of carbonyl (C=O) groups is 1. The summed E-state index contributed by atoms with van der Waals surface area (Å²) in [7, 11) is 3.71. The topological polar surface area (TPSA) is 80.5 Å². The van der Waals surface area contributed by atoms with Gasteiger partial charge in [-0.2, -0.15) is 5.10 Å². The van der Waals surface area contributed by atoms with Gasteiger partial charge in [-0.05, 0) is 56.2 Å². The average molecular weight is 480 g/mol. The highest BCUT2D eigenvalue weighted by Crippen LogP contribution is 2.29. The van der Waals surface area contributed by atoms with E-state index in [0.29, 0.717) is 13.0 Å². The molecule has 0 aliphatic heterocycles. The number of rotatable bonds is 9. The monoisotopic (exact) mass is 479 g/mol. The van der Waals surface area contributed by atoms with Gasteiger partial charge in [-0.1, -0.05) is 44.9 Å². The van der Waals surface area contributed by atoms with E-state index in [9.17, 15) is 4.79 Å². The van der Waals surface area contributed by atoms with Crippen LogP contribution >= 0.6 is 0 Å². The van der Waals surface area contributed by atoms with Crippen LogP contribution in [0.15, 0.2) is 41.9 Å². The number of amides is 1. The minimum atomic E-state index is 0.154. The second-order valence-corrected chi connectivity index (χ2v) is 8.37. The van der Waals surface area contributed by atoms with Gasteiger partial charge in [0.05, 0.1) is 11.8 Å². The number of nitrogens with one attached hydrogen (secondary N) is 2. The minimum absolute atomic E-state index is 0.154. The molecule has 1 amide bonds. The van der Waals surface area contributed by atoms with Crippen molar-refractivity contribution in [3.63, 3.8) is 0 Å². The quantitative estimate of drug-likeness (QED) is 0.301. The molecule has 1 aliphatic carbocycles. The van der Waals surface area contributed by atoms with Crippen molar-refractivity contribution in [2.75, 3.05) is 25.5 Å². The summed E-state index contributed by atoms with van der Waals surface area (Å²) < 4.78 is 7.20. The van der Waals surface area contributed by atoms with Gasteiger partial charge in [0.1, 0.15) is 11.5 Å². The Bertz CT molecular complexity index is 997. The van der Waals surface area contributed by atoms with Crippen LogP contribution in [0.4, 0.5) is 11.5 Å². The van der Waals surface area contributed by atoms with E-state index < -0.39 is 0 Å². The second-order valence-electron chi connectivity index (χ2n) is 8.37. The van der Waals surface area contributed by atoms with Crippen LogP contribution in [0.25, 0.3) is 0 Å². The molecule has 3 rings (SSSR count). The minimum Gasteiger partial charge on any atom is -0.376 e. The van der Waals surface area contributed by atoms with Gasteiger partial charge >= 0.3 is 0 Å². The SMILES string of the molecule is C=CC=Nc1cc(C#Cc2cc(NC)nn2C)ccc1C.CC(CNC=O)OCC1CC1.CCC. The number of hydrogen-bond donors (Lipinski definition) is 2. The van der Waals surface area contributed by atoms with E-state index in [0.717, 1.165) is 40.9 Å². The molecule has 1 aliphatic rings. The second kappa shape index (κ2) is 17.1. The lowest BCUT2D eigenvalue weighted by atomic mass is 10.1. The molecule has 1 aromatic heterocycles. The first kappa shape index (κ1) is 29.7. The molecule has 1 aromatic carbocycles. The van der Waals surface area contributed by atoms with Gasteiger partial charge in [0, 0.05) is 45.1 Å². The Morgan fingerprint density at radius 3 is 2.60 bits per heavy atom. The molecule has 0 spiro atoms. The van der Waals surface area contributed by atoms with E-state index in [1.165, 1.54) is 19.3 Å². The van der Waals surface area contributed by atoms with Crippen LogP contribution in [0.3, 0.4) is 0 Å². The van der Waals surface area contributed by atoms with Crippen LogP contribution in [-0.4, -0.2) is 48.7 Å².